The fourth-order valence-electron chi connectivity index (χ4n) is 3.85. The Bertz CT molecular complexity index is 1360. The first-order valence-corrected chi connectivity index (χ1v) is 11.8. The summed E-state index contributed by atoms with van der Waals surface area (Å²) in [5.41, 5.74) is -0.814. The van der Waals surface area contributed by atoms with Crippen molar-refractivity contribution in [2.24, 2.45) is 0 Å². The van der Waals surface area contributed by atoms with Crippen molar-refractivity contribution < 1.29 is 13.5 Å². The van der Waals surface area contributed by atoms with E-state index in [1.807, 2.05) is 30.3 Å². The monoisotopic (exact) mass is 475 g/mol. The number of phenols is 1. The second-order valence-electron chi connectivity index (χ2n) is 8.02. The van der Waals surface area contributed by atoms with E-state index in [0.29, 0.717) is 0 Å². The third-order valence-corrected chi connectivity index (χ3v) is 8.21. The van der Waals surface area contributed by atoms with Crippen LogP contribution in [0, 0.1) is 0 Å². The molecule has 0 amide bonds. The molecule has 0 aliphatic heterocycles. The Kier molecular flexibility index (Phi) is 5.52. The Balaban J connectivity index is 1.71. The van der Waals surface area contributed by atoms with Crippen molar-refractivity contribution in [1.82, 2.24) is 4.31 Å². The van der Waals surface area contributed by atoms with Crippen molar-refractivity contribution in [3.63, 3.8) is 0 Å². The molecule has 32 heavy (non-hydrogen) atoms. The van der Waals surface area contributed by atoms with Crippen LogP contribution in [0.3, 0.4) is 0 Å². The number of sulfonamides is 1. The summed E-state index contributed by atoms with van der Waals surface area (Å²) in [6.07, 6.45) is 2.57. The molecular formula is C22H22ClN3O5S. The zero-order valence-electron chi connectivity index (χ0n) is 17.5. The summed E-state index contributed by atoms with van der Waals surface area (Å²) in [7, 11) is -1.43. The van der Waals surface area contributed by atoms with Gasteiger partial charge in [0.15, 0.2) is 5.75 Å². The summed E-state index contributed by atoms with van der Waals surface area (Å²) in [6, 6.07) is 12.3. The van der Waals surface area contributed by atoms with E-state index in [1.165, 1.54) is 26.2 Å². The van der Waals surface area contributed by atoms with Crippen molar-refractivity contribution in [1.29, 1.82) is 0 Å². The van der Waals surface area contributed by atoms with E-state index >= 15 is 0 Å². The smallest absolute Gasteiger partial charge is 0.253 e. The minimum Gasteiger partial charge on any atom is -0.504 e. The zero-order chi connectivity index (χ0) is 23.3. The van der Waals surface area contributed by atoms with Crippen LogP contribution in [0.1, 0.15) is 24.8 Å². The number of halogens is 1. The predicted molar refractivity (Wildman–Crippen MR) is 124 cm³/mol. The molecule has 0 aromatic heterocycles. The molecule has 3 N–H and O–H groups in total. The fraction of sp³-hybridized carbons (Fsp3) is 0.273. The van der Waals surface area contributed by atoms with Crippen molar-refractivity contribution in [2.75, 3.05) is 24.7 Å². The third-order valence-electron chi connectivity index (χ3n) is 5.89. The van der Waals surface area contributed by atoms with Gasteiger partial charge in [0, 0.05) is 14.1 Å². The van der Waals surface area contributed by atoms with Gasteiger partial charge in [-0.2, -0.15) is 0 Å². The highest BCUT2D eigenvalue weighted by Crippen LogP contribution is 2.45. The van der Waals surface area contributed by atoms with Crippen molar-refractivity contribution in [2.45, 2.75) is 29.7 Å². The van der Waals surface area contributed by atoms with Gasteiger partial charge in [-0.1, -0.05) is 41.9 Å². The Morgan fingerprint density at radius 2 is 1.62 bits per heavy atom. The van der Waals surface area contributed by atoms with Gasteiger partial charge in [0.25, 0.3) is 10.9 Å². The number of nitrogens with zero attached hydrogens (tertiary/aromatic N) is 1. The van der Waals surface area contributed by atoms with Gasteiger partial charge in [-0.05, 0) is 37.0 Å². The molecule has 0 unspecified atom stereocenters. The van der Waals surface area contributed by atoms with E-state index in [4.69, 9.17) is 11.6 Å². The Labute approximate surface area is 190 Å². The molecule has 4 rings (SSSR count). The molecule has 1 saturated carbocycles. The second kappa shape index (κ2) is 7.91. The van der Waals surface area contributed by atoms with Gasteiger partial charge in [0.1, 0.15) is 16.3 Å². The maximum Gasteiger partial charge on any atom is 0.253 e. The molecule has 0 heterocycles. The van der Waals surface area contributed by atoms with Crippen LogP contribution in [0.4, 0.5) is 17.1 Å². The Hall–Kier alpha value is -2.88. The van der Waals surface area contributed by atoms with Crippen molar-refractivity contribution in [3.8, 4) is 5.75 Å². The molecule has 3 aromatic carbocycles. The summed E-state index contributed by atoms with van der Waals surface area (Å²) in [4.78, 5) is 24.2. The van der Waals surface area contributed by atoms with Crippen molar-refractivity contribution in [3.05, 3.63) is 73.5 Å². The first-order valence-electron chi connectivity index (χ1n) is 9.96. The van der Waals surface area contributed by atoms with Crippen LogP contribution in [-0.4, -0.2) is 31.9 Å². The van der Waals surface area contributed by atoms with Crippen molar-refractivity contribution >= 4 is 38.7 Å². The zero-order valence-corrected chi connectivity index (χ0v) is 19.0. The van der Waals surface area contributed by atoms with E-state index in [1.54, 1.807) is 0 Å². The third kappa shape index (κ3) is 3.46. The molecule has 168 valence electrons. The van der Waals surface area contributed by atoms with Gasteiger partial charge >= 0.3 is 0 Å². The molecule has 0 saturated heterocycles. The Morgan fingerprint density at radius 1 is 1.00 bits per heavy atom. The predicted octanol–water partition coefficient (Wildman–Crippen LogP) is 3.13. The number of benzene rings is 2. The van der Waals surface area contributed by atoms with Crippen LogP contribution in [0.5, 0.6) is 5.75 Å². The maximum atomic E-state index is 12.6. The summed E-state index contributed by atoms with van der Waals surface area (Å²) >= 11 is 6.04. The van der Waals surface area contributed by atoms with E-state index in [2.05, 4.69) is 10.6 Å². The molecule has 0 bridgehead atoms. The van der Waals surface area contributed by atoms with Crippen LogP contribution >= 0.6 is 11.6 Å². The van der Waals surface area contributed by atoms with Crippen LogP contribution in [0.15, 0.2) is 56.9 Å². The second-order valence-corrected chi connectivity index (χ2v) is 10.5. The van der Waals surface area contributed by atoms with Crippen LogP contribution in [0.2, 0.25) is 5.02 Å². The first-order chi connectivity index (χ1) is 15.1. The lowest BCUT2D eigenvalue weighted by atomic mass is 9.71. The molecular weight excluding hydrogens is 454 g/mol. The molecule has 1 aliphatic carbocycles. The number of aromatic hydroxyl groups is 1. The number of rotatable bonds is 7. The largest absolute Gasteiger partial charge is 0.504 e. The molecule has 1 fully saturated rings. The van der Waals surface area contributed by atoms with E-state index < -0.39 is 37.1 Å². The quantitative estimate of drug-likeness (QED) is 0.355. The minimum atomic E-state index is -4.05. The lowest BCUT2D eigenvalue weighted by Gasteiger charge is -2.44. The minimum absolute atomic E-state index is 0.0250. The highest BCUT2D eigenvalue weighted by atomic mass is 35.5. The number of anilines is 3. The number of hydrogen-bond acceptors (Lipinski definition) is 7. The van der Waals surface area contributed by atoms with Gasteiger partial charge in [-0.15, -0.1) is 0 Å². The summed E-state index contributed by atoms with van der Waals surface area (Å²) < 4.78 is 26.1. The molecule has 0 radical (unpaired) electrons. The van der Waals surface area contributed by atoms with Crippen LogP contribution < -0.4 is 21.5 Å². The number of hydrogen-bond donors (Lipinski definition) is 3. The van der Waals surface area contributed by atoms with E-state index in [9.17, 15) is 23.1 Å². The highest BCUT2D eigenvalue weighted by Gasteiger charge is 2.41. The molecule has 0 atom stereocenters. The van der Waals surface area contributed by atoms with E-state index in [-0.39, 0.29) is 22.1 Å². The van der Waals surface area contributed by atoms with Crippen LogP contribution in [-0.2, 0) is 15.6 Å². The average molecular weight is 476 g/mol. The van der Waals surface area contributed by atoms with Gasteiger partial charge in [0.2, 0.25) is 10.0 Å². The standard InChI is InChI=1S/C22H22ClN3O5S/c1-26(2)32(30,31)21-14(23)9-10-15(18(21)27)24-16-17(20(29)19(16)28)25-22(11-6-12-22)13-7-4-3-5-8-13/h3-5,7-10,24-25,27H,6,11-12H2,1-2H3. The maximum absolute atomic E-state index is 12.6. The SMILES string of the molecule is CN(C)S(=O)(=O)c1c(Cl)ccc(Nc2c(NC3(c4ccccc4)CCC3)c(=O)c2=O)c1O. The highest BCUT2D eigenvalue weighted by molar-refractivity contribution is 7.89. The number of phenolic OH excluding ortho intramolecular Hbond substituents is 1. The normalized spacial score (nSPS) is 15.5. The molecule has 8 nitrogen and oxygen atoms in total. The van der Waals surface area contributed by atoms with Gasteiger partial charge in [-0.3, -0.25) is 9.59 Å². The van der Waals surface area contributed by atoms with Gasteiger partial charge in [0.05, 0.1) is 16.2 Å². The summed E-state index contributed by atoms with van der Waals surface area (Å²) in [5, 5.41) is 16.4. The fourth-order valence-corrected chi connectivity index (χ4v) is 5.33. The lowest BCUT2D eigenvalue weighted by Crippen LogP contribution is -2.47. The Morgan fingerprint density at radius 3 is 2.19 bits per heavy atom. The molecule has 3 aromatic rings. The molecule has 0 spiro atoms. The molecule has 10 heteroatoms. The summed E-state index contributed by atoms with van der Waals surface area (Å²) in [6.45, 7) is 0. The molecule has 1 aliphatic rings. The lowest BCUT2D eigenvalue weighted by molar-refractivity contribution is 0.284. The van der Waals surface area contributed by atoms with Gasteiger partial charge in [-0.25, -0.2) is 12.7 Å². The summed E-state index contributed by atoms with van der Waals surface area (Å²) in [5.74, 6) is -0.633. The van der Waals surface area contributed by atoms with E-state index in [0.717, 1.165) is 29.1 Å². The number of nitrogens with one attached hydrogen (secondary N) is 2. The first kappa shape index (κ1) is 22.3. The van der Waals surface area contributed by atoms with Gasteiger partial charge < -0.3 is 15.7 Å². The average Bonchev–Trinajstić information content (AvgIpc) is 2.73. The van der Waals surface area contributed by atoms with Crippen LogP contribution in [0.25, 0.3) is 0 Å². The topological polar surface area (TPSA) is 116 Å².